The van der Waals surface area contributed by atoms with Crippen molar-refractivity contribution in [2.75, 3.05) is 32.7 Å². The number of nitrogens with zero attached hydrogens (tertiary/aromatic N) is 2. The smallest absolute Gasteiger partial charge is 0.270 e. The molecule has 1 saturated heterocycles. The zero-order valence-electron chi connectivity index (χ0n) is 12.5. The number of nitrogens with one attached hydrogen (secondary N) is 1. The van der Waals surface area contributed by atoms with Crippen LogP contribution < -0.4 is 11.3 Å². The third kappa shape index (κ3) is 3.92. The highest BCUT2D eigenvalue weighted by atomic mass is 16.2. The molecule has 6 nitrogen and oxygen atoms in total. The van der Waals surface area contributed by atoms with Gasteiger partial charge in [-0.05, 0) is 25.5 Å². The second kappa shape index (κ2) is 7.38. The van der Waals surface area contributed by atoms with Crippen molar-refractivity contribution < 1.29 is 4.79 Å². The predicted molar refractivity (Wildman–Crippen MR) is 82.3 cm³/mol. The normalized spacial score (nSPS) is 17.7. The Morgan fingerprint density at radius 1 is 1.33 bits per heavy atom. The zero-order chi connectivity index (χ0) is 15.2. The number of rotatable bonds is 5. The van der Waals surface area contributed by atoms with Gasteiger partial charge in [-0.25, -0.2) is 0 Å². The molecular formula is C15H24N4O2. The Balaban J connectivity index is 1.94. The van der Waals surface area contributed by atoms with Crippen LogP contribution in [-0.4, -0.2) is 59.5 Å². The molecule has 21 heavy (non-hydrogen) atoms. The van der Waals surface area contributed by atoms with Gasteiger partial charge in [-0.1, -0.05) is 13.0 Å². The molecule has 3 N–H and O–H groups in total. The van der Waals surface area contributed by atoms with Crippen molar-refractivity contribution in [3.05, 3.63) is 34.2 Å². The number of hydrogen-bond donors (Lipinski definition) is 2. The monoisotopic (exact) mass is 292 g/mol. The van der Waals surface area contributed by atoms with Gasteiger partial charge in [0.1, 0.15) is 5.69 Å². The molecule has 1 aliphatic heterocycles. The Bertz CT molecular complexity index is 520. The Kier molecular flexibility index (Phi) is 5.52. The molecule has 0 aliphatic carbocycles. The van der Waals surface area contributed by atoms with Gasteiger partial charge >= 0.3 is 0 Å². The average Bonchev–Trinajstić information content (AvgIpc) is 2.52. The van der Waals surface area contributed by atoms with Gasteiger partial charge < -0.3 is 15.6 Å². The van der Waals surface area contributed by atoms with Crippen LogP contribution in [0.15, 0.2) is 23.0 Å². The standard InChI is InChI=1S/C15H24N4O2/c1-2-12(6-7-16)18-8-10-19(11-9-18)15(21)13-4-3-5-14(20)17-13/h3-5,12H,2,6-11,16H2,1H3,(H,17,20). The van der Waals surface area contributed by atoms with E-state index in [-0.39, 0.29) is 11.5 Å². The number of H-pyrrole nitrogens is 1. The second-order valence-electron chi connectivity index (χ2n) is 5.40. The van der Waals surface area contributed by atoms with E-state index >= 15 is 0 Å². The van der Waals surface area contributed by atoms with E-state index in [1.165, 1.54) is 6.07 Å². The fourth-order valence-corrected chi connectivity index (χ4v) is 2.87. The fourth-order valence-electron chi connectivity index (χ4n) is 2.87. The highest BCUT2D eigenvalue weighted by Crippen LogP contribution is 2.13. The van der Waals surface area contributed by atoms with Crippen molar-refractivity contribution in [3.8, 4) is 0 Å². The number of carbonyl (C=O) groups excluding carboxylic acids is 1. The van der Waals surface area contributed by atoms with Gasteiger partial charge in [0.2, 0.25) is 5.56 Å². The largest absolute Gasteiger partial charge is 0.335 e. The van der Waals surface area contributed by atoms with Gasteiger partial charge in [-0.2, -0.15) is 0 Å². The summed E-state index contributed by atoms with van der Waals surface area (Å²) in [5.41, 5.74) is 5.78. The molecule has 1 unspecified atom stereocenters. The molecular weight excluding hydrogens is 268 g/mol. The second-order valence-corrected chi connectivity index (χ2v) is 5.40. The molecule has 2 rings (SSSR count). The molecule has 0 saturated carbocycles. The lowest BCUT2D eigenvalue weighted by Crippen LogP contribution is -2.52. The number of pyridine rings is 1. The van der Waals surface area contributed by atoms with E-state index in [1.807, 2.05) is 0 Å². The highest BCUT2D eigenvalue weighted by Gasteiger charge is 2.25. The van der Waals surface area contributed by atoms with E-state index in [4.69, 9.17) is 5.73 Å². The lowest BCUT2D eigenvalue weighted by molar-refractivity contribution is 0.0551. The molecule has 116 valence electrons. The Labute approximate surface area is 124 Å². The van der Waals surface area contributed by atoms with Crippen molar-refractivity contribution >= 4 is 5.91 Å². The van der Waals surface area contributed by atoms with Crippen molar-refractivity contribution in [2.24, 2.45) is 5.73 Å². The first kappa shape index (κ1) is 15.7. The zero-order valence-corrected chi connectivity index (χ0v) is 12.5. The molecule has 1 aromatic rings. The maximum atomic E-state index is 12.3. The van der Waals surface area contributed by atoms with Gasteiger partial charge in [-0.3, -0.25) is 14.5 Å². The van der Waals surface area contributed by atoms with Crippen molar-refractivity contribution in [1.29, 1.82) is 0 Å². The summed E-state index contributed by atoms with van der Waals surface area (Å²) in [5, 5.41) is 0. The van der Waals surface area contributed by atoms with Gasteiger partial charge in [0.05, 0.1) is 0 Å². The van der Waals surface area contributed by atoms with Crippen LogP contribution in [0.2, 0.25) is 0 Å². The minimum atomic E-state index is -0.242. The SMILES string of the molecule is CCC(CCN)N1CCN(C(=O)c2cccc(=O)[nH]2)CC1. The summed E-state index contributed by atoms with van der Waals surface area (Å²) in [5.74, 6) is -0.0979. The summed E-state index contributed by atoms with van der Waals surface area (Å²) < 4.78 is 0. The number of aromatic amines is 1. The molecule has 0 spiro atoms. The lowest BCUT2D eigenvalue weighted by Gasteiger charge is -2.39. The Morgan fingerprint density at radius 2 is 2.05 bits per heavy atom. The summed E-state index contributed by atoms with van der Waals surface area (Å²) in [7, 11) is 0. The molecule has 0 aromatic carbocycles. The quantitative estimate of drug-likeness (QED) is 0.815. The molecule has 1 fully saturated rings. The molecule has 2 heterocycles. The van der Waals surface area contributed by atoms with E-state index < -0.39 is 0 Å². The third-order valence-electron chi connectivity index (χ3n) is 4.09. The van der Waals surface area contributed by atoms with Gasteiger partial charge in [0.15, 0.2) is 0 Å². The number of nitrogens with two attached hydrogens (primary N) is 1. The van der Waals surface area contributed by atoms with E-state index in [2.05, 4.69) is 16.8 Å². The maximum absolute atomic E-state index is 12.3. The van der Waals surface area contributed by atoms with E-state index in [0.717, 1.165) is 25.9 Å². The Morgan fingerprint density at radius 3 is 2.62 bits per heavy atom. The first-order valence-electron chi connectivity index (χ1n) is 7.58. The summed E-state index contributed by atoms with van der Waals surface area (Å²) >= 11 is 0. The van der Waals surface area contributed by atoms with Crippen LogP contribution in [0.3, 0.4) is 0 Å². The van der Waals surface area contributed by atoms with Crippen LogP contribution in [-0.2, 0) is 0 Å². The maximum Gasteiger partial charge on any atom is 0.270 e. The van der Waals surface area contributed by atoms with E-state index in [9.17, 15) is 9.59 Å². The van der Waals surface area contributed by atoms with Crippen LogP contribution >= 0.6 is 0 Å². The number of carbonyl (C=O) groups is 1. The van der Waals surface area contributed by atoms with E-state index in [0.29, 0.717) is 31.4 Å². The number of hydrogen-bond acceptors (Lipinski definition) is 4. The van der Waals surface area contributed by atoms with Crippen molar-refractivity contribution in [2.45, 2.75) is 25.8 Å². The number of aromatic nitrogens is 1. The topological polar surface area (TPSA) is 82.4 Å². The summed E-state index contributed by atoms with van der Waals surface area (Å²) in [6.07, 6.45) is 2.08. The Hall–Kier alpha value is -1.66. The van der Waals surface area contributed by atoms with Crippen molar-refractivity contribution in [3.63, 3.8) is 0 Å². The summed E-state index contributed by atoms with van der Waals surface area (Å²) in [6.45, 7) is 5.98. The third-order valence-corrected chi connectivity index (χ3v) is 4.09. The fraction of sp³-hybridized carbons (Fsp3) is 0.600. The summed E-state index contributed by atoms with van der Waals surface area (Å²) in [4.78, 5) is 30.4. The van der Waals surface area contributed by atoms with Crippen LogP contribution in [0.4, 0.5) is 0 Å². The van der Waals surface area contributed by atoms with Crippen LogP contribution in [0.1, 0.15) is 30.3 Å². The minimum Gasteiger partial charge on any atom is -0.335 e. The minimum absolute atomic E-state index is 0.0979. The molecule has 6 heteroatoms. The van der Waals surface area contributed by atoms with Crippen LogP contribution in [0.25, 0.3) is 0 Å². The molecule has 0 radical (unpaired) electrons. The first-order valence-corrected chi connectivity index (χ1v) is 7.58. The van der Waals surface area contributed by atoms with Crippen molar-refractivity contribution in [1.82, 2.24) is 14.8 Å². The molecule has 1 amide bonds. The van der Waals surface area contributed by atoms with Gasteiger partial charge in [0, 0.05) is 38.3 Å². The first-order chi connectivity index (χ1) is 10.2. The molecule has 1 atom stereocenters. The van der Waals surface area contributed by atoms with E-state index in [1.54, 1.807) is 17.0 Å². The number of piperazine rings is 1. The predicted octanol–water partition coefficient (Wildman–Crippen LogP) is 0.260. The highest BCUT2D eigenvalue weighted by molar-refractivity contribution is 5.92. The van der Waals surface area contributed by atoms with Gasteiger partial charge in [-0.15, -0.1) is 0 Å². The lowest BCUT2D eigenvalue weighted by atomic mass is 10.1. The van der Waals surface area contributed by atoms with Gasteiger partial charge in [0.25, 0.3) is 5.91 Å². The average molecular weight is 292 g/mol. The van der Waals surface area contributed by atoms with Crippen LogP contribution in [0, 0.1) is 0 Å². The van der Waals surface area contributed by atoms with Crippen LogP contribution in [0.5, 0.6) is 0 Å². The molecule has 1 aliphatic rings. The molecule has 0 bridgehead atoms. The summed E-state index contributed by atoms with van der Waals surface area (Å²) in [6, 6.07) is 5.17. The molecule has 1 aromatic heterocycles. The number of amides is 1.